The van der Waals surface area contributed by atoms with E-state index in [9.17, 15) is 0 Å². The topological polar surface area (TPSA) is 58.1 Å². The Morgan fingerprint density at radius 3 is 2.56 bits per heavy atom. The molecule has 0 spiro atoms. The summed E-state index contributed by atoms with van der Waals surface area (Å²) in [5, 5.41) is 6.83. The summed E-state index contributed by atoms with van der Waals surface area (Å²) in [7, 11) is 3.54. The third kappa shape index (κ3) is 8.18. The second-order valence-electron chi connectivity index (χ2n) is 7.00. The maximum Gasteiger partial charge on any atom is 0.190 e. The number of hydrogen-bond donors (Lipinski definition) is 2. The smallest absolute Gasteiger partial charge is 0.190 e. The van der Waals surface area contributed by atoms with E-state index in [0.29, 0.717) is 5.92 Å². The van der Waals surface area contributed by atoms with Gasteiger partial charge in [0.1, 0.15) is 5.75 Å². The number of guanidine groups is 1. The lowest BCUT2D eigenvalue weighted by Gasteiger charge is -2.32. The van der Waals surface area contributed by atoms with Crippen molar-refractivity contribution in [3.63, 3.8) is 0 Å². The number of ether oxygens (including phenoxy) is 2. The highest BCUT2D eigenvalue weighted by Gasteiger charge is 2.19. The van der Waals surface area contributed by atoms with E-state index in [2.05, 4.69) is 32.7 Å². The van der Waals surface area contributed by atoms with Crippen molar-refractivity contribution in [1.29, 1.82) is 0 Å². The summed E-state index contributed by atoms with van der Waals surface area (Å²) in [6, 6.07) is 8.40. The Hall–Kier alpha value is -1.79. The predicted octanol–water partition coefficient (Wildman–Crippen LogP) is 2.50. The standard InChI is InChI=1S/C21H36N4O2/c1-4-27-15-5-12-23-21(22-2)24-16-18-10-13-25(14-11-18)17-19-6-8-20(26-3)9-7-19/h6-9,18H,4-5,10-17H2,1-3H3,(H2,22,23,24). The normalized spacial score (nSPS) is 16.3. The van der Waals surface area contributed by atoms with Crippen LogP contribution in [0.3, 0.4) is 0 Å². The molecule has 1 saturated heterocycles. The Kier molecular flexibility index (Phi) is 10.0. The van der Waals surface area contributed by atoms with Crippen molar-refractivity contribution in [2.45, 2.75) is 32.7 Å². The van der Waals surface area contributed by atoms with E-state index < -0.39 is 0 Å². The zero-order valence-electron chi connectivity index (χ0n) is 17.2. The van der Waals surface area contributed by atoms with Crippen LogP contribution < -0.4 is 15.4 Å². The van der Waals surface area contributed by atoms with E-state index in [1.165, 1.54) is 18.4 Å². The van der Waals surface area contributed by atoms with Gasteiger partial charge in [-0.25, -0.2) is 0 Å². The van der Waals surface area contributed by atoms with Crippen LogP contribution in [0.2, 0.25) is 0 Å². The zero-order valence-corrected chi connectivity index (χ0v) is 17.2. The average molecular weight is 377 g/mol. The summed E-state index contributed by atoms with van der Waals surface area (Å²) in [6.45, 7) is 8.81. The number of nitrogens with zero attached hydrogens (tertiary/aromatic N) is 2. The highest BCUT2D eigenvalue weighted by molar-refractivity contribution is 5.79. The lowest BCUT2D eigenvalue weighted by atomic mass is 9.96. The molecule has 27 heavy (non-hydrogen) atoms. The number of hydrogen-bond acceptors (Lipinski definition) is 4. The van der Waals surface area contributed by atoms with Crippen LogP contribution in [0.1, 0.15) is 31.7 Å². The van der Waals surface area contributed by atoms with Gasteiger partial charge in [-0.2, -0.15) is 0 Å². The first-order valence-electron chi connectivity index (χ1n) is 10.1. The van der Waals surface area contributed by atoms with Crippen molar-refractivity contribution in [2.24, 2.45) is 10.9 Å². The molecule has 6 heteroatoms. The van der Waals surface area contributed by atoms with Gasteiger partial charge in [-0.1, -0.05) is 12.1 Å². The first-order chi connectivity index (χ1) is 13.2. The molecule has 0 saturated carbocycles. The Morgan fingerprint density at radius 2 is 1.93 bits per heavy atom. The summed E-state index contributed by atoms with van der Waals surface area (Å²) >= 11 is 0. The van der Waals surface area contributed by atoms with Gasteiger partial charge >= 0.3 is 0 Å². The monoisotopic (exact) mass is 376 g/mol. The quantitative estimate of drug-likeness (QED) is 0.373. The van der Waals surface area contributed by atoms with E-state index in [1.807, 2.05) is 26.1 Å². The summed E-state index contributed by atoms with van der Waals surface area (Å²) in [4.78, 5) is 6.85. The average Bonchev–Trinajstić information content (AvgIpc) is 2.72. The van der Waals surface area contributed by atoms with Gasteiger partial charge in [0.25, 0.3) is 0 Å². The molecule has 152 valence electrons. The van der Waals surface area contributed by atoms with Crippen LogP contribution in [-0.4, -0.2) is 64.4 Å². The molecule has 6 nitrogen and oxygen atoms in total. The molecule has 2 N–H and O–H groups in total. The molecular formula is C21H36N4O2. The highest BCUT2D eigenvalue weighted by atomic mass is 16.5. The van der Waals surface area contributed by atoms with Crippen LogP contribution in [0, 0.1) is 5.92 Å². The first-order valence-corrected chi connectivity index (χ1v) is 10.1. The first kappa shape index (κ1) is 21.5. The summed E-state index contributed by atoms with van der Waals surface area (Å²) in [5.74, 6) is 2.52. The molecule has 0 unspecified atom stereocenters. The highest BCUT2D eigenvalue weighted by Crippen LogP contribution is 2.19. The van der Waals surface area contributed by atoms with Crippen molar-refractivity contribution < 1.29 is 9.47 Å². The molecule has 1 heterocycles. The van der Waals surface area contributed by atoms with E-state index in [0.717, 1.165) is 64.1 Å². The van der Waals surface area contributed by atoms with Crippen LogP contribution in [0.4, 0.5) is 0 Å². The SMILES string of the molecule is CCOCCCNC(=NC)NCC1CCN(Cc2ccc(OC)cc2)CC1. The van der Waals surface area contributed by atoms with Crippen molar-refractivity contribution in [3.8, 4) is 5.75 Å². The summed E-state index contributed by atoms with van der Waals surface area (Å²) in [5.41, 5.74) is 1.35. The molecule has 0 amide bonds. The number of methoxy groups -OCH3 is 1. The molecule has 2 rings (SSSR count). The molecule has 0 aromatic heterocycles. The molecule has 0 bridgehead atoms. The number of piperidine rings is 1. The van der Waals surface area contributed by atoms with E-state index >= 15 is 0 Å². The Morgan fingerprint density at radius 1 is 1.19 bits per heavy atom. The maximum absolute atomic E-state index is 5.36. The lowest BCUT2D eigenvalue weighted by Crippen LogP contribution is -2.43. The van der Waals surface area contributed by atoms with Gasteiger partial charge < -0.3 is 20.1 Å². The Bertz CT molecular complexity index is 540. The Labute approximate surface area is 164 Å². The van der Waals surface area contributed by atoms with Gasteiger partial charge in [0.15, 0.2) is 5.96 Å². The fourth-order valence-electron chi connectivity index (χ4n) is 3.32. The second-order valence-corrected chi connectivity index (χ2v) is 7.00. The van der Waals surface area contributed by atoms with Crippen molar-refractivity contribution in [1.82, 2.24) is 15.5 Å². The minimum atomic E-state index is 0.707. The number of likely N-dealkylation sites (tertiary alicyclic amines) is 1. The number of nitrogens with one attached hydrogen (secondary N) is 2. The third-order valence-corrected chi connectivity index (χ3v) is 5.02. The number of benzene rings is 1. The van der Waals surface area contributed by atoms with Crippen molar-refractivity contribution in [3.05, 3.63) is 29.8 Å². The fourth-order valence-corrected chi connectivity index (χ4v) is 3.32. The van der Waals surface area contributed by atoms with Gasteiger partial charge in [0.05, 0.1) is 7.11 Å². The van der Waals surface area contributed by atoms with Crippen LogP contribution in [0.15, 0.2) is 29.3 Å². The zero-order chi connectivity index (χ0) is 19.3. The molecule has 1 aliphatic rings. The van der Waals surface area contributed by atoms with Gasteiger partial charge in [-0.05, 0) is 62.9 Å². The van der Waals surface area contributed by atoms with Crippen LogP contribution in [0.25, 0.3) is 0 Å². The Balaban J connectivity index is 1.61. The molecule has 0 aliphatic carbocycles. The minimum absolute atomic E-state index is 0.707. The molecule has 1 fully saturated rings. The fraction of sp³-hybridized carbons (Fsp3) is 0.667. The van der Waals surface area contributed by atoms with Crippen LogP contribution in [0.5, 0.6) is 5.75 Å². The van der Waals surface area contributed by atoms with Gasteiger partial charge in [0.2, 0.25) is 0 Å². The van der Waals surface area contributed by atoms with Gasteiger partial charge in [-0.3, -0.25) is 9.89 Å². The maximum atomic E-state index is 5.36. The van der Waals surface area contributed by atoms with Crippen LogP contribution >= 0.6 is 0 Å². The lowest BCUT2D eigenvalue weighted by molar-refractivity contribution is 0.145. The number of rotatable bonds is 10. The third-order valence-electron chi connectivity index (χ3n) is 5.02. The van der Waals surface area contributed by atoms with E-state index in [4.69, 9.17) is 9.47 Å². The van der Waals surface area contributed by atoms with Crippen LogP contribution in [-0.2, 0) is 11.3 Å². The molecule has 1 aliphatic heterocycles. The molecule has 1 aromatic carbocycles. The molecular weight excluding hydrogens is 340 g/mol. The summed E-state index contributed by atoms with van der Waals surface area (Å²) < 4.78 is 10.6. The van der Waals surface area contributed by atoms with Crippen molar-refractivity contribution >= 4 is 5.96 Å². The summed E-state index contributed by atoms with van der Waals surface area (Å²) in [6.07, 6.45) is 3.45. The van der Waals surface area contributed by atoms with Crippen molar-refractivity contribution in [2.75, 3.05) is 53.6 Å². The van der Waals surface area contributed by atoms with Gasteiger partial charge in [-0.15, -0.1) is 0 Å². The van der Waals surface area contributed by atoms with E-state index in [-0.39, 0.29) is 0 Å². The molecule has 0 radical (unpaired) electrons. The van der Waals surface area contributed by atoms with E-state index in [1.54, 1.807) is 7.11 Å². The largest absolute Gasteiger partial charge is 0.497 e. The minimum Gasteiger partial charge on any atom is -0.497 e. The molecule has 1 aromatic rings. The second kappa shape index (κ2) is 12.6. The number of aliphatic imine (C=N–C) groups is 1. The predicted molar refractivity (Wildman–Crippen MR) is 111 cm³/mol. The molecule has 0 atom stereocenters. The van der Waals surface area contributed by atoms with Gasteiger partial charge in [0, 0.05) is 39.9 Å².